The topological polar surface area (TPSA) is 162 Å². The number of carboxylic acid groups (broad SMARTS) is 1. The van der Waals surface area contributed by atoms with Crippen LogP contribution in [0.2, 0.25) is 0 Å². The molecule has 1 fully saturated rings. The maximum atomic E-state index is 12.3. The Morgan fingerprint density at radius 1 is 1.35 bits per heavy atom. The Morgan fingerprint density at radius 2 is 2.00 bits per heavy atom. The average Bonchev–Trinajstić information content (AvgIpc) is 2.98. The van der Waals surface area contributed by atoms with Gasteiger partial charge in [0, 0.05) is 6.54 Å². The van der Waals surface area contributed by atoms with Crippen molar-refractivity contribution < 1.29 is 29.4 Å². The van der Waals surface area contributed by atoms with Crippen LogP contribution in [0, 0.1) is 0 Å². The summed E-state index contributed by atoms with van der Waals surface area (Å²) in [5, 5.41) is 22.6. The second kappa shape index (κ2) is 8.44. The van der Waals surface area contributed by atoms with E-state index in [1.165, 1.54) is 11.8 Å². The Kier molecular flexibility index (Phi) is 6.91. The van der Waals surface area contributed by atoms with E-state index in [0.717, 1.165) is 0 Å². The molecule has 1 aliphatic rings. The van der Waals surface area contributed by atoms with Crippen molar-refractivity contribution in [3.8, 4) is 0 Å². The summed E-state index contributed by atoms with van der Waals surface area (Å²) < 4.78 is 0. The normalized spacial score (nSPS) is 19.8. The van der Waals surface area contributed by atoms with Gasteiger partial charge >= 0.3 is 5.97 Å². The monoisotopic (exact) mass is 330 g/mol. The number of hydrogen-bond donors (Lipinski definition) is 5. The van der Waals surface area contributed by atoms with Crippen molar-refractivity contribution in [3.05, 3.63) is 0 Å². The van der Waals surface area contributed by atoms with E-state index in [1.807, 2.05) is 0 Å². The van der Waals surface area contributed by atoms with Crippen LogP contribution in [0.15, 0.2) is 0 Å². The molecule has 6 N–H and O–H groups in total. The number of rotatable bonds is 7. The molecule has 23 heavy (non-hydrogen) atoms. The quantitative estimate of drug-likeness (QED) is 0.332. The van der Waals surface area contributed by atoms with E-state index in [-0.39, 0.29) is 12.5 Å². The zero-order chi connectivity index (χ0) is 17.6. The molecule has 1 rings (SSSR count). The van der Waals surface area contributed by atoms with Gasteiger partial charge in [-0.3, -0.25) is 19.2 Å². The van der Waals surface area contributed by atoms with Crippen LogP contribution in [-0.4, -0.2) is 76.6 Å². The highest BCUT2D eigenvalue weighted by Crippen LogP contribution is 2.17. The van der Waals surface area contributed by atoms with Crippen molar-refractivity contribution in [1.82, 2.24) is 15.5 Å². The summed E-state index contributed by atoms with van der Waals surface area (Å²) in [5.41, 5.74) is 5.30. The Morgan fingerprint density at radius 3 is 2.52 bits per heavy atom. The molecule has 1 heterocycles. The zero-order valence-corrected chi connectivity index (χ0v) is 12.8. The minimum atomic E-state index is -1.31. The van der Waals surface area contributed by atoms with E-state index < -0.39 is 42.5 Å². The van der Waals surface area contributed by atoms with Crippen LogP contribution in [-0.2, 0) is 19.2 Å². The molecule has 0 spiro atoms. The summed E-state index contributed by atoms with van der Waals surface area (Å²) >= 11 is 0. The highest BCUT2D eigenvalue weighted by atomic mass is 16.4. The molecule has 0 saturated carbocycles. The number of amides is 3. The van der Waals surface area contributed by atoms with Crippen molar-refractivity contribution >= 4 is 23.7 Å². The average molecular weight is 330 g/mol. The van der Waals surface area contributed by atoms with Gasteiger partial charge < -0.3 is 31.5 Å². The van der Waals surface area contributed by atoms with E-state index in [4.69, 9.17) is 10.8 Å². The zero-order valence-electron chi connectivity index (χ0n) is 12.8. The van der Waals surface area contributed by atoms with Gasteiger partial charge in [0.2, 0.25) is 17.7 Å². The molecule has 10 nitrogen and oxygen atoms in total. The molecule has 0 aliphatic carbocycles. The molecule has 130 valence electrons. The van der Waals surface area contributed by atoms with E-state index in [2.05, 4.69) is 10.6 Å². The number of nitrogens with one attached hydrogen (secondary N) is 2. The lowest BCUT2D eigenvalue weighted by molar-refractivity contribution is -0.141. The minimum absolute atomic E-state index is 0.220. The van der Waals surface area contributed by atoms with Gasteiger partial charge in [0.25, 0.3) is 0 Å². The first-order valence-corrected chi connectivity index (χ1v) is 7.25. The molecular formula is C13H22N4O6. The van der Waals surface area contributed by atoms with Crippen LogP contribution in [0.3, 0.4) is 0 Å². The molecule has 3 atom stereocenters. The maximum Gasteiger partial charge on any atom is 0.322 e. The lowest BCUT2D eigenvalue weighted by atomic mass is 10.1. The molecule has 0 aromatic heterocycles. The van der Waals surface area contributed by atoms with Crippen molar-refractivity contribution in [1.29, 1.82) is 0 Å². The van der Waals surface area contributed by atoms with Crippen LogP contribution >= 0.6 is 0 Å². The predicted molar refractivity (Wildman–Crippen MR) is 78.0 cm³/mol. The SMILES string of the molecule is CC(O)C(NC(=O)C1CCCN1C(=O)CN)C(=O)NCC(=O)O. The van der Waals surface area contributed by atoms with Crippen molar-refractivity contribution in [2.45, 2.75) is 38.0 Å². The largest absolute Gasteiger partial charge is 0.480 e. The second-order valence-corrected chi connectivity index (χ2v) is 5.29. The van der Waals surface area contributed by atoms with Crippen LogP contribution in [0.25, 0.3) is 0 Å². The summed E-state index contributed by atoms with van der Waals surface area (Å²) in [6.45, 7) is 0.850. The van der Waals surface area contributed by atoms with Crippen LogP contribution < -0.4 is 16.4 Å². The van der Waals surface area contributed by atoms with E-state index in [1.54, 1.807) is 0 Å². The number of carboxylic acids is 1. The Hall–Kier alpha value is -2.20. The molecule has 0 aromatic rings. The van der Waals surface area contributed by atoms with E-state index in [9.17, 15) is 24.3 Å². The van der Waals surface area contributed by atoms with Gasteiger partial charge in [0.05, 0.1) is 12.6 Å². The van der Waals surface area contributed by atoms with E-state index in [0.29, 0.717) is 19.4 Å². The lowest BCUT2D eigenvalue weighted by Gasteiger charge is -2.27. The van der Waals surface area contributed by atoms with Gasteiger partial charge in [-0.1, -0.05) is 0 Å². The number of nitrogens with zero attached hydrogens (tertiary/aromatic N) is 1. The minimum Gasteiger partial charge on any atom is -0.480 e. The van der Waals surface area contributed by atoms with Gasteiger partial charge in [-0.2, -0.15) is 0 Å². The molecule has 0 bridgehead atoms. The summed E-state index contributed by atoms with van der Waals surface area (Å²) in [5.74, 6) is -3.01. The number of aliphatic hydroxyl groups excluding tert-OH is 1. The molecule has 3 amide bonds. The highest BCUT2D eigenvalue weighted by molar-refractivity contribution is 5.93. The second-order valence-electron chi connectivity index (χ2n) is 5.29. The molecule has 10 heteroatoms. The number of aliphatic hydroxyl groups is 1. The van der Waals surface area contributed by atoms with Gasteiger partial charge in [0.1, 0.15) is 18.6 Å². The standard InChI is InChI=1S/C13H22N4O6/c1-7(18)11(13(23)15-6-10(20)21)16-12(22)8-3-2-4-17(8)9(19)5-14/h7-8,11,18H,2-6,14H2,1H3,(H,15,23)(H,16,22)(H,20,21). The fourth-order valence-corrected chi connectivity index (χ4v) is 2.38. The van der Waals surface area contributed by atoms with Crippen LogP contribution in [0.5, 0.6) is 0 Å². The third kappa shape index (κ3) is 5.18. The molecule has 1 saturated heterocycles. The Bertz CT molecular complexity index is 481. The van der Waals surface area contributed by atoms with Crippen molar-refractivity contribution in [2.24, 2.45) is 5.73 Å². The summed E-state index contributed by atoms with van der Waals surface area (Å²) in [6.07, 6.45) is -0.164. The summed E-state index contributed by atoms with van der Waals surface area (Å²) in [4.78, 5) is 47.6. The highest BCUT2D eigenvalue weighted by Gasteiger charge is 2.36. The number of carbonyl (C=O) groups is 4. The number of nitrogens with two attached hydrogens (primary N) is 1. The third-order valence-corrected chi connectivity index (χ3v) is 3.53. The van der Waals surface area contributed by atoms with Crippen LogP contribution in [0.4, 0.5) is 0 Å². The number of carbonyl (C=O) groups excluding carboxylic acids is 3. The van der Waals surface area contributed by atoms with Gasteiger partial charge in [-0.05, 0) is 19.8 Å². The first kappa shape index (κ1) is 18.8. The number of likely N-dealkylation sites (tertiary alicyclic amines) is 1. The fraction of sp³-hybridized carbons (Fsp3) is 0.692. The Labute approximate surface area is 133 Å². The first-order valence-electron chi connectivity index (χ1n) is 7.25. The fourth-order valence-electron chi connectivity index (χ4n) is 2.38. The molecule has 0 radical (unpaired) electrons. The van der Waals surface area contributed by atoms with Crippen molar-refractivity contribution in [3.63, 3.8) is 0 Å². The predicted octanol–water partition coefficient (Wildman–Crippen LogP) is -3.00. The molecule has 3 unspecified atom stereocenters. The Balaban J connectivity index is 2.72. The smallest absolute Gasteiger partial charge is 0.322 e. The van der Waals surface area contributed by atoms with E-state index >= 15 is 0 Å². The van der Waals surface area contributed by atoms with Gasteiger partial charge in [-0.15, -0.1) is 0 Å². The molecule has 1 aliphatic heterocycles. The molecular weight excluding hydrogens is 308 g/mol. The number of hydrogen-bond acceptors (Lipinski definition) is 6. The summed E-state index contributed by atoms with van der Waals surface area (Å²) in [7, 11) is 0. The van der Waals surface area contributed by atoms with Crippen molar-refractivity contribution in [2.75, 3.05) is 19.6 Å². The van der Waals surface area contributed by atoms with Crippen LogP contribution in [0.1, 0.15) is 19.8 Å². The summed E-state index contributed by atoms with van der Waals surface area (Å²) in [6, 6.07) is -2.06. The lowest BCUT2D eigenvalue weighted by Crippen LogP contribution is -2.57. The maximum absolute atomic E-state index is 12.3. The third-order valence-electron chi connectivity index (χ3n) is 3.53. The first-order chi connectivity index (χ1) is 10.8. The van der Waals surface area contributed by atoms with Gasteiger partial charge in [0.15, 0.2) is 0 Å². The number of aliphatic carboxylic acids is 1. The van der Waals surface area contributed by atoms with Gasteiger partial charge in [-0.25, -0.2) is 0 Å². The molecule has 0 aromatic carbocycles.